The number of aliphatic hydroxyl groups excluding tert-OH is 1. The Labute approximate surface area is 143 Å². The molecule has 0 aliphatic rings. The van der Waals surface area contributed by atoms with Crippen molar-refractivity contribution >= 4 is 17.9 Å². The Balaban J connectivity index is 2.23. The Morgan fingerprint density at radius 2 is 2.20 bits per heavy atom. The van der Waals surface area contributed by atoms with E-state index in [1.807, 2.05) is 6.92 Å². The van der Waals surface area contributed by atoms with Gasteiger partial charge in [0.2, 0.25) is 5.89 Å². The van der Waals surface area contributed by atoms with E-state index in [4.69, 9.17) is 14.3 Å². The monoisotopic (exact) mass is 349 g/mol. The number of nitrogens with zero attached hydrogens (tertiary/aromatic N) is 3. The van der Waals surface area contributed by atoms with E-state index in [0.717, 1.165) is 19.1 Å². The van der Waals surface area contributed by atoms with Gasteiger partial charge in [-0.1, -0.05) is 13.3 Å². The van der Waals surface area contributed by atoms with Gasteiger partial charge in [0.05, 0.1) is 19.8 Å². The zero-order chi connectivity index (χ0) is 18.2. The average Bonchev–Trinajstić information content (AvgIpc) is 3.10. The number of aliphatic hydroxyl groups is 1. The summed E-state index contributed by atoms with van der Waals surface area (Å²) in [5, 5.41) is 18.1. The van der Waals surface area contributed by atoms with Crippen molar-refractivity contribution in [1.29, 1.82) is 0 Å². The number of carbonyl (C=O) groups is 2. The van der Waals surface area contributed by atoms with Crippen LogP contribution in [0, 0.1) is 0 Å². The highest BCUT2D eigenvalue weighted by Crippen LogP contribution is 2.23. The molecule has 0 fully saturated rings. The molecule has 0 spiro atoms. The summed E-state index contributed by atoms with van der Waals surface area (Å²) >= 11 is 0. The highest BCUT2D eigenvalue weighted by atomic mass is 16.6. The number of ether oxygens (including phenoxy) is 1. The topological polar surface area (TPSA) is 126 Å². The zero-order valence-corrected chi connectivity index (χ0v) is 13.7. The number of carboxylic acid groups (broad SMARTS) is 1. The third-order valence-corrected chi connectivity index (χ3v) is 3.26. The van der Waals surface area contributed by atoms with Crippen molar-refractivity contribution in [1.82, 2.24) is 9.97 Å². The SMILES string of the molecule is CCCCOC(=O)N(CCO)c1cc(-c2nc(C(=O)O)co2)ccn1. The number of aromatic nitrogens is 2. The normalized spacial score (nSPS) is 10.5. The van der Waals surface area contributed by atoms with Gasteiger partial charge >= 0.3 is 12.1 Å². The van der Waals surface area contributed by atoms with Gasteiger partial charge in [-0.05, 0) is 18.6 Å². The maximum Gasteiger partial charge on any atom is 0.415 e. The van der Waals surface area contributed by atoms with E-state index in [2.05, 4.69) is 9.97 Å². The van der Waals surface area contributed by atoms with Crippen molar-refractivity contribution in [3.05, 3.63) is 30.3 Å². The molecular formula is C16H19N3O6. The largest absolute Gasteiger partial charge is 0.476 e. The lowest BCUT2D eigenvalue weighted by molar-refractivity contribution is 0.0690. The molecule has 0 aliphatic carbocycles. The molecule has 0 radical (unpaired) electrons. The number of amides is 1. The third kappa shape index (κ3) is 4.77. The van der Waals surface area contributed by atoms with Gasteiger partial charge in [0, 0.05) is 11.8 Å². The first-order valence-electron chi connectivity index (χ1n) is 7.77. The maximum atomic E-state index is 12.2. The summed E-state index contributed by atoms with van der Waals surface area (Å²) in [7, 11) is 0. The molecule has 134 valence electrons. The molecule has 0 atom stereocenters. The molecule has 2 N–H and O–H groups in total. The lowest BCUT2D eigenvalue weighted by Crippen LogP contribution is -2.35. The van der Waals surface area contributed by atoms with Crippen molar-refractivity contribution in [3.8, 4) is 11.5 Å². The summed E-state index contributed by atoms with van der Waals surface area (Å²) in [6, 6.07) is 3.08. The van der Waals surface area contributed by atoms with Crippen molar-refractivity contribution in [2.45, 2.75) is 19.8 Å². The van der Waals surface area contributed by atoms with Crippen LogP contribution in [0.1, 0.15) is 30.3 Å². The van der Waals surface area contributed by atoms with Crippen LogP contribution in [0.3, 0.4) is 0 Å². The molecule has 2 heterocycles. The molecular weight excluding hydrogens is 330 g/mol. The second kappa shape index (κ2) is 8.78. The van der Waals surface area contributed by atoms with Crippen LogP contribution in [-0.2, 0) is 4.74 Å². The number of hydrogen-bond acceptors (Lipinski definition) is 7. The van der Waals surface area contributed by atoms with Crippen molar-refractivity contribution < 1.29 is 29.0 Å². The van der Waals surface area contributed by atoms with E-state index >= 15 is 0 Å². The van der Waals surface area contributed by atoms with Crippen LogP contribution < -0.4 is 4.90 Å². The van der Waals surface area contributed by atoms with Crippen LogP contribution >= 0.6 is 0 Å². The van der Waals surface area contributed by atoms with Crippen LogP contribution in [0.4, 0.5) is 10.6 Å². The third-order valence-electron chi connectivity index (χ3n) is 3.26. The fourth-order valence-corrected chi connectivity index (χ4v) is 1.98. The van der Waals surface area contributed by atoms with Gasteiger partial charge < -0.3 is 19.4 Å². The molecule has 2 aromatic rings. The highest BCUT2D eigenvalue weighted by Gasteiger charge is 2.20. The van der Waals surface area contributed by atoms with Crippen LogP contribution in [0.5, 0.6) is 0 Å². The summed E-state index contributed by atoms with van der Waals surface area (Å²) < 4.78 is 10.3. The first kappa shape index (κ1) is 18.4. The van der Waals surface area contributed by atoms with Crippen LogP contribution in [0.15, 0.2) is 29.0 Å². The standard InChI is InChI=1S/C16H19N3O6/c1-2-3-8-24-16(23)19(6-7-20)13-9-11(4-5-17-13)14-18-12(10-25-14)15(21)22/h4-5,9-10,20H,2-3,6-8H2,1H3,(H,21,22). The molecule has 0 saturated carbocycles. The number of oxazole rings is 1. The van der Waals surface area contributed by atoms with Gasteiger partial charge in [0.15, 0.2) is 5.69 Å². The van der Waals surface area contributed by atoms with E-state index < -0.39 is 12.1 Å². The Hall–Kier alpha value is -2.94. The molecule has 1 amide bonds. The maximum absolute atomic E-state index is 12.2. The number of carbonyl (C=O) groups excluding carboxylic acids is 1. The molecule has 0 bridgehead atoms. The van der Waals surface area contributed by atoms with Crippen LogP contribution in [0.2, 0.25) is 0 Å². The molecule has 9 nitrogen and oxygen atoms in total. The van der Waals surface area contributed by atoms with E-state index in [-0.39, 0.29) is 37.2 Å². The molecule has 0 aliphatic heterocycles. The summed E-state index contributed by atoms with van der Waals surface area (Å²) in [5.74, 6) is -0.877. The Bertz CT molecular complexity index is 730. The fourth-order valence-electron chi connectivity index (χ4n) is 1.98. The van der Waals surface area contributed by atoms with Gasteiger partial charge in [-0.3, -0.25) is 4.90 Å². The quantitative estimate of drug-likeness (QED) is 0.694. The van der Waals surface area contributed by atoms with Crippen LogP contribution in [-0.4, -0.2) is 52.0 Å². The molecule has 9 heteroatoms. The van der Waals surface area contributed by atoms with E-state index in [1.165, 1.54) is 17.2 Å². The Morgan fingerprint density at radius 1 is 1.40 bits per heavy atom. The number of rotatable bonds is 8. The average molecular weight is 349 g/mol. The molecule has 2 rings (SSSR count). The lowest BCUT2D eigenvalue weighted by Gasteiger charge is -2.20. The fraction of sp³-hybridized carbons (Fsp3) is 0.375. The van der Waals surface area contributed by atoms with Crippen molar-refractivity contribution in [3.63, 3.8) is 0 Å². The number of pyridine rings is 1. The van der Waals surface area contributed by atoms with E-state index in [1.54, 1.807) is 6.07 Å². The molecule has 0 aromatic carbocycles. The number of unbranched alkanes of at least 4 members (excludes halogenated alkanes) is 1. The molecule has 0 saturated heterocycles. The summed E-state index contributed by atoms with van der Waals surface area (Å²) in [4.78, 5) is 32.2. The minimum atomic E-state index is -1.20. The van der Waals surface area contributed by atoms with Crippen molar-refractivity contribution in [2.24, 2.45) is 0 Å². The zero-order valence-electron chi connectivity index (χ0n) is 13.7. The van der Waals surface area contributed by atoms with Gasteiger partial charge in [-0.15, -0.1) is 0 Å². The smallest absolute Gasteiger partial charge is 0.415 e. The van der Waals surface area contributed by atoms with E-state index in [9.17, 15) is 14.7 Å². The lowest BCUT2D eigenvalue weighted by atomic mass is 10.2. The van der Waals surface area contributed by atoms with Gasteiger partial charge in [-0.2, -0.15) is 0 Å². The summed E-state index contributed by atoms with van der Waals surface area (Å²) in [6.07, 6.45) is 3.46. The van der Waals surface area contributed by atoms with E-state index in [0.29, 0.717) is 5.56 Å². The Kier molecular flexibility index (Phi) is 6.47. The first-order chi connectivity index (χ1) is 12.1. The Morgan fingerprint density at radius 3 is 2.84 bits per heavy atom. The summed E-state index contributed by atoms with van der Waals surface area (Å²) in [5.41, 5.74) is 0.223. The predicted octanol–water partition coefficient (Wildman–Crippen LogP) is 2.17. The van der Waals surface area contributed by atoms with Gasteiger partial charge in [0.1, 0.15) is 12.1 Å². The molecule has 0 unspecified atom stereocenters. The first-order valence-corrected chi connectivity index (χ1v) is 7.77. The second-order valence-corrected chi connectivity index (χ2v) is 5.09. The highest BCUT2D eigenvalue weighted by molar-refractivity contribution is 5.87. The van der Waals surface area contributed by atoms with Crippen LogP contribution in [0.25, 0.3) is 11.5 Å². The minimum Gasteiger partial charge on any atom is -0.476 e. The van der Waals surface area contributed by atoms with Crippen molar-refractivity contribution in [2.75, 3.05) is 24.7 Å². The van der Waals surface area contributed by atoms with Gasteiger partial charge in [0.25, 0.3) is 0 Å². The second-order valence-electron chi connectivity index (χ2n) is 5.09. The predicted molar refractivity (Wildman–Crippen MR) is 87.4 cm³/mol. The number of anilines is 1. The number of carboxylic acids is 1. The van der Waals surface area contributed by atoms with Gasteiger partial charge in [-0.25, -0.2) is 19.6 Å². The molecule has 2 aromatic heterocycles. The summed E-state index contributed by atoms with van der Waals surface area (Å²) in [6.45, 7) is 2.00. The minimum absolute atomic E-state index is 0.00731. The number of aromatic carboxylic acids is 1. The molecule has 25 heavy (non-hydrogen) atoms. The number of hydrogen-bond donors (Lipinski definition) is 2.